The third kappa shape index (κ3) is 4.13. The van der Waals surface area contributed by atoms with E-state index in [-0.39, 0.29) is 0 Å². The van der Waals surface area contributed by atoms with Crippen molar-refractivity contribution in [2.75, 3.05) is 6.54 Å². The predicted octanol–water partition coefficient (Wildman–Crippen LogP) is 3.52. The van der Waals surface area contributed by atoms with Crippen LogP contribution in [-0.4, -0.2) is 36.3 Å². The van der Waals surface area contributed by atoms with E-state index in [0.29, 0.717) is 6.54 Å². The number of benzene rings is 1. The number of hydrogen-bond donors (Lipinski definition) is 2. The molecule has 6 heteroatoms. The summed E-state index contributed by atoms with van der Waals surface area (Å²) in [6.07, 6.45) is 8.78. The van der Waals surface area contributed by atoms with E-state index in [0.717, 1.165) is 30.7 Å². The van der Waals surface area contributed by atoms with Gasteiger partial charge in [-0.1, -0.05) is 30.3 Å². The maximum atomic E-state index is 10.8. The van der Waals surface area contributed by atoms with E-state index in [1.807, 2.05) is 60.7 Å². The first kappa shape index (κ1) is 18.4. The summed E-state index contributed by atoms with van der Waals surface area (Å²) in [6.45, 7) is 4.86. The highest BCUT2D eigenvalue weighted by molar-refractivity contribution is 5.82. The molecule has 3 heterocycles. The van der Waals surface area contributed by atoms with Crippen LogP contribution in [0.15, 0.2) is 67.4 Å². The van der Waals surface area contributed by atoms with E-state index >= 15 is 0 Å². The molecule has 1 aromatic carbocycles. The Morgan fingerprint density at radius 3 is 2.79 bits per heavy atom. The van der Waals surface area contributed by atoms with Gasteiger partial charge in [-0.3, -0.25) is 14.6 Å². The van der Waals surface area contributed by atoms with Crippen molar-refractivity contribution in [2.45, 2.75) is 32.7 Å². The van der Waals surface area contributed by atoms with Gasteiger partial charge in [0.05, 0.1) is 24.0 Å². The lowest BCUT2D eigenvalue weighted by atomic mass is 10.1. The number of aromatic amines is 1. The number of rotatable bonds is 8. The Balaban J connectivity index is 1.56. The van der Waals surface area contributed by atoms with Crippen molar-refractivity contribution in [3.05, 3.63) is 84.1 Å². The van der Waals surface area contributed by atoms with Crippen molar-refractivity contribution in [3.8, 4) is 0 Å². The Labute approximate surface area is 164 Å². The number of pyridine rings is 1. The monoisotopic (exact) mass is 375 g/mol. The number of aliphatic hydroxyl groups is 1. The van der Waals surface area contributed by atoms with Crippen LogP contribution in [0.25, 0.3) is 10.9 Å². The summed E-state index contributed by atoms with van der Waals surface area (Å²) in [5, 5.41) is 16.3. The predicted molar refractivity (Wildman–Crippen MR) is 110 cm³/mol. The molecule has 0 bridgehead atoms. The number of H-pyrrole nitrogens is 1. The van der Waals surface area contributed by atoms with Crippen LogP contribution < -0.4 is 0 Å². The second kappa shape index (κ2) is 8.37. The van der Waals surface area contributed by atoms with Gasteiger partial charge >= 0.3 is 0 Å². The van der Waals surface area contributed by atoms with E-state index in [2.05, 4.69) is 32.1 Å². The second-order valence-electron chi connectivity index (χ2n) is 7.04. The minimum absolute atomic E-state index is 0.530. The average Bonchev–Trinajstić information content (AvgIpc) is 3.36. The molecule has 2 N–H and O–H groups in total. The number of nitrogens with zero attached hydrogens (tertiary/aromatic N) is 4. The molecule has 1 unspecified atom stereocenters. The summed E-state index contributed by atoms with van der Waals surface area (Å²) >= 11 is 0. The van der Waals surface area contributed by atoms with E-state index in [1.165, 1.54) is 16.5 Å². The van der Waals surface area contributed by atoms with Crippen LogP contribution in [0.2, 0.25) is 0 Å². The van der Waals surface area contributed by atoms with Crippen LogP contribution >= 0.6 is 0 Å². The Bertz CT molecular complexity index is 1020. The van der Waals surface area contributed by atoms with Crippen LogP contribution in [0.1, 0.15) is 29.7 Å². The molecule has 0 saturated heterocycles. The molecule has 0 spiro atoms. The van der Waals surface area contributed by atoms with Crippen molar-refractivity contribution in [2.24, 2.45) is 0 Å². The highest BCUT2D eigenvalue weighted by atomic mass is 16.3. The summed E-state index contributed by atoms with van der Waals surface area (Å²) in [7, 11) is 0. The minimum atomic E-state index is -0.587. The van der Waals surface area contributed by atoms with Gasteiger partial charge in [-0.05, 0) is 24.1 Å². The van der Waals surface area contributed by atoms with Crippen LogP contribution in [0.4, 0.5) is 0 Å². The number of hydrogen-bond acceptors (Lipinski definition) is 4. The molecule has 0 amide bonds. The van der Waals surface area contributed by atoms with E-state index in [1.54, 1.807) is 6.20 Å². The lowest BCUT2D eigenvalue weighted by Gasteiger charge is -2.25. The molecular weight excluding hydrogens is 350 g/mol. The number of nitrogens with one attached hydrogen (secondary N) is 1. The maximum absolute atomic E-state index is 10.8. The maximum Gasteiger partial charge on any atom is 0.0947 e. The van der Waals surface area contributed by atoms with Crippen LogP contribution in [0, 0.1) is 0 Å². The summed E-state index contributed by atoms with van der Waals surface area (Å²) in [6, 6.07) is 12.4. The van der Waals surface area contributed by atoms with E-state index in [9.17, 15) is 5.11 Å². The Hall–Kier alpha value is -2.96. The molecule has 0 aliphatic heterocycles. The lowest BCUT2D eigenvalue weighted by Crippen LogP contribution is -2.28. The summed E-state index contributed by atoms with van der Waals surface area (Å²) in [5.74, 6) is 0. The molecule has 4 rings (SSSR count). The quantitative estimate of drug-likeness (QED) is 0.494. The minimum Gasteiger partial charge on any atom is -0.387 e. The number of aryl methyl sites for hydroxylation is 1. The third-order valence-corrected chi connectivity index (χ3v) is 5.01. The van der Waals surface area contributed by atoms with E-state index < -0.39 is 6.10 Å². The summed E-state index contributed by atoms with van der Waals surface area (Å²) in [4.78, 5) is 9.74. The van der Waals surface area contributed by atoms with Gasteiger partial charge in [0.15, 0.2) is 0 Å². The zero-order chi connectivity index (χ0) is 19.3. The molecule has 0 fully saturated rings. The zero-order valence-corrected chi connectivity index (χ0v) is 16.0. The largest absolute Gasteiger partial charge is 0.387 e. The molecule has 1 atom stereocenters. The van der Waals surface area contributed by atoms with Gasteiger partial charge in [0, 0.05) is 55.7 Å². The number of aliphatic hydroxyl groups excluding tert-OH is 1. The molecule has 6 nitrogen and oxygen atoms in total. The second-order valence-corrected chi connectivity index (χ2v) is 7.04. The van der Waals surface area contributed by atoms with Crippen molar-refractivity contribution >= 4 is 10.9 Å². The molecule has 3 aromatic heterocycles. The van der Waals surface area contributed by atoms with Crippen molar-refractivity contribution in [1.82, 2.24) is 24.6 Å². The first-order valence-electron chi connectivity index (χ1n) is 9.59. The van der Waals surface area contributed by atoms with Crippen molar-refractivity contribution < 1.29 is 5.11 Å². The summed E-state index contributed by atoms with van der Waals surface area (Å²) in [5.41, 5.74) is 4.30. The van der Waals surface area contributed by atoms with Crippen LogP contribution in [0.3, 0.4) is 0 Å². The topological polar surface area (TPSA) is 70.0 Å². The van der Waals surface area contributed by atoms with Gasteiger partial charge in [-0.15, -0.1) is 0 Å². The van der Waals surface area contributed by atoms with E-state index in [4.69, 9.17) is 0 Å². The highest BCUT2D eigenvalue weighted by Gasteiger charge is 2.17. The van der Waals surface area contributed by atoms with Gasteiger partial charge in [-0.2, -0.15) is 5.10 Å². The fourth-order valence-corrected chi connectivity index (χ4v) is 3.51. The average molecular weight is 375 g/mol. The Morgan fingerprint density at radius 1 is 1.14 bits per heavy atom. The lowest BCUT2D eigenvalue weighted by molar-refractivity contribution is 0.105. The molecular formula is C22H25N5O. The molecule has 4 aromatic rings. The SMILES string of the molecule is CCn1cc(C(O)CN(Cc2ccccc2)Cc2c[nH]c3cnccc23)cn1. The standard InChI is InChI=1S/C22H25N5O/c1-2-27-15-19(11-25-27)22(28)16-26(13-17-6-4-3-5-7-17)14-18-10-24-21-12-23-9-8-20(18)21/h3-12,15,22,24,28H,2,13-14,16H2,1H3. The van der Waals surface area contributed by atoms with Crippen molar-refractivity contribution in [1.29, 1.82) is 0 Å². The van der Waals surface area contributed by atoms with Gasteiger partial charge in [0.1, 0.15) is 0 Å². The third-order valence-electron chi connectivity index (χ3n) is 5.01. The number of fused-ring (bicyclic) bond motifs is 1. The Kier molecular flexibility index (Phi) is 5.50. The zero-order valence-electron chi connectivity index (χ0n) is 16.0. The number of aromatic nitrogens is 4. The molecule has 0 radical (unpaired) electrons. The molecule has 0 aliphatic carbocycles. The van der Waals surface area contributed by atoms with Gasteiger partial charge < -0.3 is 10.1 Å². The van der Waals surface area contributed by atoms with Crippen LogP contribution in [0.5, 0.6) is 0 Å². The fraction of sp³-hybridized carbons (Fsp3) is 0.273. The smallest absolute Gasteiger partial charge is 0.0947 e. The first-order chi connectivity index (χ1) is 13.7. The molecule has 0 aliphatic rings. The van der Waals surface area contributed by atoms with Crippen LogP contribution in [-0.2, 0) is 19.6 Å². The van der Waals surface area contributed by atoms with Gasteiger partial charge in [-0.25, -0.2) is 0 Å². The molecule has 144 valence electrons. The normalized spacial score (nSPS) is 12.7. The highest BCUT2D eigenvalue weighted by Crippen LogP contribution is 2.22. The summed E-state index contributed by atoms with van der Waals surface area (Å²) < 4.78 is 1.84. The fourth-order valence-electron chi connectivity index (χ4n) is 3.51. The van der Waals surface area contributed by atoms with Crippen molar-refractivity contribution in [3.63, 3.8) is 0 Å². The van der Waals surface area contributed by atoms with Gasteiger partial charge in [0.25, 0.3) is 0 Å². The first-order valence-corrected chi connectivity index (χ1v) is 9.59. The Morgan fingerprint density at radius 2 is 2.00 bits per heavy atom. The van der Waals surface area contributed by atoms with Gasteiger partial charge in [0.2, 0.25) is 0 Å². The molecule has 28 heavy (non-hydrogen) atoms. The molecule has 0 saturated carbocycles.